The SMILES string of the molecule is Cc1[nH]c(Cc2cccc(Br)c2Cl)nc1-c1ccc(Cl)cc1Cl. The lowest BCUT2D eigenvalue weighted by Gasteiger charge is -2.04. The van der Waals surface area contributed by atoms with Crippen molar-refractivity contribution in [3.63, 3.8) is 0 Å². The van der Waals surface area contributed by atoms with Crippen LogP contribution >= 0.6 is 50.7 Å². The number of nitrogens with zero attached hydrogens (tertiary/aromatic N) is 1. The van der Waals surface area contributed by atoms with E-state index < -0.39 is 0 Å². The summed E-state index contributed by atoms with van der Waals surface area (Å²) >= 11 is 22.0. The van der Waals surface area contributed by atoms with Gasteiger partial charge < -0.3 is 4.98 Å². The van der Waals surface area contributed by atoms with Crippen LogP contribution in [0.2, 0.25) is 15.1 Å². The van der Waals surface area contributed by atoms with Gasteiger partial charge in [0.05, 0.1) is 15.7 Å². The van der Waals surface area contributed by atoms with E-state index in [0.717, 1.165) is 32.8 Å². The van der Waals surface area contributed by atoms with E-state index >= 15 is 0 Å². The zero-order chi connectivity index (χ0) is 16.6. The smallest absolute Gasteiger partial charge is 0.111 e. The molecule has 0 saturated carbocycles. The third kappa shape index (κ3) is 3.58. The molecule has 23 heavy (non-hydrogen) atoms. The summed E-state index contributed by atoms with van der Waals surface area (Å²) in [6.07, 6.45) is 0.615. The van der Waals surface area contributed by atoms with Gasteiger partial charge in [0.15, 0.2) is 0 Å². The normalized spacial score (nSPS) is 11.0. The molecule has 0 amide bonds. The molecule has 118 valence electrons. The maximum absolute atomic E-state index is 6.33. The summed E-state index contributed by atoms with van der Waals surface area (Å²) in [5, 5.41) is 1.89. The minimum atomic E-state index is 0.583. The van der Waals surface area contributed by atoms with E-state index in [2.05, 4.69) is 25.9 Å². The molecule has 1 aromatic heterocycles. The Kier molecular flexibility index (Phi) is 5.02. The van der Waals surface area contributed by atoms with E-state index in [1.54, 1.807) is 6.07 Å². The average molecular weight is 431 g/mol. The summed E-state index contributed by atoms with van der Waals surface area (Å²) < 4.78 is 0.876. The van der Waals surface area contributed by atoms with Gasteiger partial charge in [-0.15, -0.1) is 0 Å². The number of hydrogen-bond acceptors (Lipinski definition) is 1. The summed E-state index contributed by atoms with van der Waals surface area (Å²) in [6.45, 7) is 1.97. The van der Waals surface area contributed by atoms with Crippen molar-refractivity contribution in [1.82, 2.24) is 9.97 Å². The van der Waals surface area contributed by atoms with Gasteiger partial charge in [0.2, 0.25) is 0 Å². The topological polar surface area (TPSA) is 28.7 Å². The minimum absolute atomic E-state index is 0.583. The number of halogens is 4. The van der Waals surface area contributed by atoms with E-state index in [0.29, 0.717) is 21.5 Å². The molecule has 2 aromatic carbocycles. The van der Waals surface area contributed by atoms with Crippen LogP contribution < -0.4 is 0 Å². The lowest BCUT2D eigenvalue weighted by Crippen LogP contribution is -1.92. The van der Waals surface area contributed by atoms with Crippen molar-refractivity contribution in [2.24, 2.45) is 0 Å². The summed E-state index contributed by atoms with van der Waals surface area (Å²) in [6, 6.07) is 11.3. The zero-order valence-electron chi connectivity index (χ0n) is 12.1. The fourth-order valence-electron chi connectivity index (χ4n) is 2.42. The molecule has 0 spiro atoms. The highest BCUT2D eigenvalue weighted by Crippen LogP contribution is 2.32. The van der Waals surface area contributed by atoms with Gasteiger partial charge in [-0.05, 0) is 52.7 Å². The van der Waals surface area contributed by atoms with Gasteiger partial charge in [-0.25, -0.2) is 4.98 Å². The van der Waals surface area contributed by atoms with Gasteiger partial charge >= 0.3 is 0 Å². The summed E-state index contributed by atoms with van der Waals surface area (Å²) in [4.78, 5) is 7.98. The Labute approximate surface area is 157 Å². The molecule has 2 nitrogen and oxygen atoms in total. The number of hydrogen-bond donors (Lipinski definition) is 1. The number of nitrogens with one attached hydrogen (secondary N) is 1. The lowest BCUT2D eigenvalue weighted by atomic mass is 10.1. The molecule has 0 aliphatic heterocycles. The maximum Gasteiger partial charge on any atom is 0.111 e. The Bertz CT molecular complexity index is 874. The van der Waals surface area contributed by atoms with Gasteiger partial charge in [-0.3, -0.25) is 0 Å². The average Bonchev–Trinajstić information content (AvgIpc) is 2.84. The molecule has 0 atom stereocenters. The maximum atomic E-state index is 6.33. The van der Waals surface area contributed by atoms with Crippen molar-refractivity contribution in [1.29, 1.82) is 0 Å². The monoisotopic (exact) mass is 428 g/mol. The summed E-state index contributed by atoms with van der Waals surface area (Å²) in [7, 11) is 0. The Morgan fingerprint density at radius 3 is 2.65 bits per heavy atom. The lowest BCUT2D eigenvalue weighted by molar-refractivity contribution is 1.02. The Hall–Kier alpha value is -1.000. The number of H-pyrrole nitrogens is 1. The van der Waals surface area contributed by atoms with Crippen LogP contribution in [0.25, 0.3) is 11.3 Å². The molecule has 0 aliphatic carbocycles. The number of imidazole rings is 1. The van der Waals surface area contributed by atoms with Crippen LogP contribution in [0.1, 0.15) is 17.1 Å². The second kappa shape index (κ2) is 6.86. The highest BCUT2D eigenvalue weighted by atomic mass is 79.9. The first kappa shape index (κ1) is 16.8. The Morgan fingerprint density at radius 1 is 1.13 bits per heavy atom. The zero-order valence-corrected chi connectivity index (χ0v) is 16.0. The number of aromatic amines is 1. The Morgan fingerprint density at radius 2 is 1.91 bits per heavy atom. The number of benzene rings is 2. The molecule has 6 heteroatoms. The predicted molar refractivity (Wildman–Crippen MR) is 101 cm³/mol. The summed E-state index contributed by atoms with van der Waals surface area (Å²) in [5.74, 6) is 0.837. The van der Waals surface area contributed by atoms with E-state index in [1.165, 1.54) is 0 Å². The van der Waals surface area contributed by atoms with Gasteiger partial charge in [-0.2, -0.15) is 0 Å². The van der Waals surface area contributed by atoms with Crippen molar-refractivity contribution < 1.29 is 0 Å². The first-order chi connectivity index (χ1) is 11.0. The molecule has 3 aromatic rings. The van der Waals surface area contributed by atoms with Crippen LogP contribution in [-0.4, -0.2) is 9.97 Å². The van der Waals surface area contributed by atoms with Crippen molar-refractivity contribution >= 4 is 50.7 Å². The Balaban J connectivity index is 1.96. The van der Waals surface area contributed by atoms with E-state index in [1.807, 2.05) is 37.3 Å². The van der Waals surface area contributed by atoms with Crippen LogP contribution in [-0.2, 0) is 6.42 Å². The predicted octanol–water partition coefficient (Wildman–Crippen LogP) is 6.70. The molecule has 0 bridgehead atoms. The molecular formula is C17H12BrCl3N2. The minimum Gasteiger partial charge on any atom is -0.345 e. The summed E-state index contributed by atoms with van der Waals surface area (Å²) in [5.41, 5.74) is 3.64. The quantitative estimate of drug-likeness (QED) is 0.492. The van der Waals surface area contributed by atoms with Crippen LogP contribution in [0, 0.1) is 6.92 Å². The first-order valence-corrected chi connectivity index (χ1v) is 8.82. The molecule has 1 N–H and O–H groups in total. The highest BCUT2D eigenvalue weighted by Gasteiger charge is 2.14. The molecule has 0 saturated heterocycles. The molecule has 3 rings (SSSR count). The van der Waals surface area contributed by atoms with E-state index in [9.17, 15) is 0 Å². The second-order valence-electron chi connectivity index (χ2n) is 5.17. The third-order valence-electron chi connectivity index (χ3n) is 3.51. The number of aryl methyl sites for hydroxylation is 1. The van der Waals surface area contributed by atoms with Gasteiger partial charge in [-0.1, -0.05) is 46.9 Å². The highest BCUT2D eigenvalue weighted by molar-refractivity contribution is 9.10. The van der Waals surface area contributed by atoms with Gasteiger partial charge in [0.25, 0.3) is 0 Å². The second-order valence-corrected chi connectivity index (χ2v) is 7.25. The number of aromatic nitrogens is 2. The van der Waals surface area contributed by atoms with Crippen molar-refractivity contribution in [3.8, 4) is 11.3 Å². The molecular weight excluding hydrogens is 418 g/mol. The van der Waals surface area contributed by atoms with E-state index in [4.69, 9.17) is 34.8 Å². The van der Waals surface area contributed by atoms with Crippen LogP contribution in [0.4, 0.5) is 0 Å². The van der Waals surface area contributed by atoms with Gasteiger partial charge in [0, 0.05) is 27.2 Å². The number of rotatable bonds is 3. The molecule has 0 fully saturated rings. The fourth-order valence-corrected chi connectivity index (χ4v) is 3.51. The van der Waals surface area contributed by atoms with Crippen molar-refractivity contribution in [2.75, 3.05) is 0 Å². The molecule has 0 unspecified atom stereocenters. The largest absolute Gasteiger partial charge is 0.345 e. The van der Waals surface area contributed by atoms with Crippen LogP contribution in [0.15, 0.2) is 40.9 Å². The van der Waals surface area contributed by atoms with E-state index in [-0.39, 0.29) is 0 Å². The van der Waals surface area contributed by atoms with Crippen LogP contribution in [0.5, 0.6) is 0 Å². The van der Waals surface area contributed by atoms with Crippen molar-refractivity contribution in [3.05, 3.63) is 73.0 Å². The molecule has 0 aliphatic rings. The third-order valence-corrected chi connectivity index (χ3v) is 5.39. The molecule has 0 radical (unpaired) electrons. The fraction of sp³-hybridized carbons (Fsp3) is 0.118. The first-order valence-electron chi connectivity index (χ1n) is 6.89. The van der Waals surface area contributed by atoms with Crippen LogP contribution in [0.3, 0.4) is 0 Å². The standard InChI is InChI=1S/C17H12BrCl3N2/c1-9-17(12-6-5-11(19)8-14(12)20)23-15(22-9)7-10-3-2-4-13(18)16(10)21/h2-6,8H,7H2,1H3,(H,22,23). The molecule has 1 heterocycles. The van der Waals surface area contributed by atoms with Crippen molar-refractivity contribution in [2.45, 2.75) is 13.3 Å². The van der Waals surface area contributed by atoms with Gasteiger partial charge in [0.1, 0.15) is 5.82 Å².